The lowest BCUT2D eigenvalue weighted by molar-refractivity contribution is 0.413. The summed E-state index contributed by atoms with van der Waals surface area (Å²) in [7, 11) is 0. The van der Waals surface area contributed by atoms with Gasteiger partial charge in [0.1, 0.15) is 0 Å². The average molecular weight is 278 g/mol. The van der Waals surface area contributed by atoms with E-state index in [1.807, 2.05) is 0 Å². The zero-order valence-electron chi connectivity index (χ0n) is 12.6. The summed E-state index contributed by atoms with van der Waals surface area (Å²) in [5.41, 5.74) is 5.86. The van der Waals surface area contributed by atoms with E-state index in [4.69, 9.17) is 0 Å². The van der Waals surface area contributed by atoms with Gasteiger partial charge in [-0.05, 0) is 60.9 Å². The van der Waals surface area contributed by atoms with Gasteiger partial charge in [-0.1, -0.05) is 24.3 Å². The molecule has 0 N–H and O–H groups in total. The molecule has 21 heavy (non-hydrogen) atoms. The van der Waals surface area contributed by atoms with Crippen LogP contribution >= 0.6 is 0 Å². The van der Waals surface area contributed by atoms with E-state index in [0.29, 0.717) is 6.04 Å². The van der Waals surface area contributed by atoms with Crippen LogP contribution in [-0.2, 0) is 6.42 Å². The van der Waals surface area contributed by atoms with Crippen molar-refractivity contribution in [2.75, 3.05) is 24.5 Å². The molecule has 3 aliphatic rings. The summed E-state index contributed by atoms with van der Waals surface area (Å²) in [6.45, 7) is 5.67. The monoisotopic (exact) mass is 278 g/mol. The number of likely N-dealkylation sites (N-methyl/N-ethyl adjacent to an activating group) is 1. The second-order valence-corrected chi connectivity index (χ2v) is 6.10. The maximum absolute atomic E-state index is 2.47. The van der Waals surface area contributed by atoms with Crippen molar-refractivity contribution in [3.63, 3.8) is 0 Å². The van der Waals surface area contributed by atoms with Crippen molar-refractivity contribution in [1.29, 1.82) is 0 Å². The lowest BCUT2D eigenvalue weighted by atomic mass is 10.0. The molecule has 0 aliphatic carbocycles. The molecule has 0 spiro atoms. The molecule has 1 aromatic carbocycles. The second-order valence-electron chi connectivity index (χ2n) is 6.10. The zero-order valence-corrected chi connectivity index (χ0v) is 12.6. The Kier molecular flexibility index (Phi) is 3.10. The van der Waals surface area contributed by atoms with Gasteiger partial charge in [-0.2, -0.15) is 0 Å². The van der Waals surface area contributed by atoms with Crippen LogP contribution in [0.4, 0.5) is 5.69 Å². The van der Waals surface area contributed by atoms with E-state index in [1.54, 1.807) is 5.57 Å². The molecule has 1 fully saturated rings. The van der Waals surface area contributed by atoms with Crippen LogP contribution < -0.4 is 4.90 Å². The number of fused-ring (bicyclic) bond motifs is 2. The summed E-state index contributed by atoms with van der Waals surface area (Å²) in [4.78, 5) is 4.90. The predicted molar refractivity (Wildman–Crippen MR) is 89.4 cm³/mol. The van der Waals surface area contributed by atoms with Gasteiger partial charge in [-0.25, -0.2) is 0 Å². The molecule has 2 heteroatoms. The molecule has 0 saturated carbocycles. The summed E-state index contributed by atoms with van der Waals surface area (Å²) in [6.07, 6.45) is 13.6. The van der Waals surface area contributed by atoms with Gasteiger partial charge in [0.05, 0.1) is 6.04 Å². The van der Waals surface area contributed by atoms with Gasteiger partial charge in [-0.3, -0.25) is 0 Å². The average Bonchev–Trinajstić information content (AvgIpc) is 3.11. The van der Waals surface area contributed by atoms with E-state index in [9.17, 15) is 0 Å². The Morgan fingerprint density at radius 1 is 1.19 bits per heavy atom. The lowest BCUT2D eigenvalue weighted by Gasteiger charge is -2.22. The van der Waals surface area contributed by atoms with Gasteiger partial charge in [0.2, 0.25) is 0 Å². The van der Waals surface area contributed by atoms with Crippen LogP contribution in [0.25, 0.3) is 6.08 Å². The summed E-state index contributed by atoms with van der Waals surface area (Å²) in [5, 5.41) is 0. The van der Waals surface area contributed by atoms with Crippen LogP contribution in [-0.4, -0.2) is 30.6 Å². The number of benzene rings is 1. The summed E-state index contributed by atoms with van der Waals surface area (Å²) in [5.74, 6) is 0. The van der Waals surface area contributed by atoms with Gasteiger partial charge >= 0.3 is 0 Å². The third-order valence-electron chi connectivity index (χ3n) is 4.91. The van der Waals surface area contributed by atoms with Crippen LogP contribution in [0.15, 0.2) is 48.2 Å². The first kappa shape index (κ1) is 12.8. The zero-order chi connectivity index (χ0) is 14.2. The Labute approximate surface area is 127 Å². The number of allylic oxidation sites excluding steroid dienone is 2. The minimum absolute atomic E-state index is 0.482. The summed E-state index contributed by atoms with van der Waals surface area (Å²) < 4.78 is 0. The van der Waals surface area contributed by atoms with Gasteiger partial charge in [-0.15, -0.1) is 0 Å². The molecule has 1 unspecified atom stereocenters. The first-order valence-electron chi connectivity index (χ1n) is 8.04. The third-order valence-corrected chi connectivity index (χ3v) is 4.91. The molecule has 2 nitrogen and oxygen atoms in total. The first-order chi connectivity index (χ1) is 10.3. The maximum atomic E-state index is 2.47. The Bertz CT molecular complexity index is 639. The van der Waals surface area contributed by atoms with Crippen molar-refractivity contribution in [1.82, 2.24) is 4.90 Å². The maximum Gasteiger partial charge on any atom is 0.0688 e. The molecule has 4 rings (SSSR count). The second kappa shape index (κ2) is 5.10. The van der Waals surface area contributed by atoms with E-state index in [0.717, 1.165) is 13.1 Å². The van der Waals surface area contributed by atoms with Crippen molar-refractivity contribution in [2.45, 2.75) is 25.8 Å². The number of hydrogen-bond acceptors (Lipinski definition) is 2. The van der Waals surface area contributed by atoms with E-state index in [1.165, 1.54) is 36.2 Å². The summed E-state index contributed by atoms with van der Waals surface area (Å²) in [6, 6.07) is 7.46. The van der Waals surface area contributed by atoms with Crippen LogP contribution in [0.2, 0.25) is 0 Å². The van der Waals surface area contributed by atoms with Crippen LogP contribution in [0.3, 0.4) is 0 Å². The largest absolute Gasteiger partial charge is 0.371 e. The minimum Gasteiger partial charge on any atom is -0.371 e. The highest BCUT2D eigenvalue weighted by molar-refractivity contribution is 5.65. The van der Waals surface area contributed by atoms with Crippen molar-refractivity contribution in [3.05, 3.63) is 59.3 Å². The highest BCUT2D eigenvalue weighted by Gasteiger charge is 2.25. The number of nitrogens with zero attached hydrogens (tertiary/aromatic N) is 2. The van der Waals surface area contributed by atoms with E-state index < -0.39 is 0 Å². The molecule has 0 bridgehead atoms. The Morgan fingerprint density at radius 2 is 2.14 bits per heavy atom. The number of hydrogen-bond donors (Lipinski definition) is 0. The molecule has 0 radical (unpaired) electrons. The highest BCUT2D eigenvalue weighted by Crippen LogP contribution is 2.32. The molecule has 1 aromatic rings. The topological polar surface area (TPSA) is 6.48 Å². The summed E-state index contributed by atoms with van der Waals surface area (Å²) >= 11 is 0. The quantitative estimate of drug-likeness (QED) is 0.815. The fraction of sp³-hybridized carbons (Fsp3) is 0.368. The lowest BCUT2D eigenvalue weighted by Crippen LogP contribution is -2.24. The van der Waals surface area contributed by atoms with Crippen LogP contribution in [0.1, 0.15) is 24.5 Å². The fourth-order valence-corrected chi connectivity index (χ4v) is 3.77. The molecule has 0 amide bonds. The fourth-order valence-electron chi connectivity index (χ4n) is 3.77. The smallest absolute Gasteiger partial charge is 0.0688 e. The van der Waals surface area contributed by atoms with Gasteiger partial charge in [0.15, 0.2) is 0 Å². The Balaban J connectivity index is 1.62. The van der Waals surface area contributed by atoms with E-state index in [-0.39, 0.29) is 0 Å². The standard InChI is InChI=1S/C19H22N2/c1-2-20-11-8-17-14-15(6-7-19(17)20)13-16-9-12-21-10-4-3-5-18(16)21/h3-7,10,13-14,18H,2,8-9,11-12H2,1H3/b16-13+. The molecule has 1 saturated heterocycles. The molecule has 0 aromatic heterocycles. The van der Waals surface area contributed by atoms with Crippen molar-refractivity contribution >= 4 is 11.8 Å². The van der Waals surface area contributed by atoms with Gasteiger partial charge < -0.3 is 9.80 Å². The SMILES string of the molecule is CCN1CCc2cc(/C=C3\CCN4C=CC=CC34)ccc21. The van der Waals surface area contributed by atoms with Crippen LogP contribution in [0, 0.1) is 0 Å². The third kappa shape index (κ3) is 2.19. The molecular formula is C19H22N2. The van der Waals surface area contributed by atoms with Gasteiger partial charge in [0.25, 0.3) is 0 Å². The Hall–Kier alpha value is -1.96. The van der Waals surface area contributed by atoms with Crippen molar-refractivity contribution in [3.8, 4) is 0 Å². The van der Waals surface area contributed by atoms with Crippen molar-refractivity contribution < 1.29 is 0 Å². The molecule has 1 atom stereocenters. The predicted octanol–water partition coefficient (Wildman–Crippen LogP) is 3.61. The molecule has 3 heterocycles. The molecular weight excluding hydrogens is 256 g/mol. The molecule has 108 valence electrons. The number of anilines is 1. The van der Waals surface area contributed by atoms with Crippen LogP contribution in [0.5, 0.6) is 0 Å². The van der Waals surface area contributed by atoms with Crippen molar-refractivity contribution in [2.24, 2.45) is 0 Å². The number of rotatable bonds is 2. The molecule has 3 aliphatic heterocycles. The normalized spacial score (nSPS) is 24.8. The Morgan fingerprint density at radius 3 is 3.05 bits per heavy atom. The highest BCUT2D eigenvalue weighted by atomic mass is 15.2. The minimum atomic E-state index is 0.482. The first-order valence-corrected chi connectivity index (χ1v) is 8.04. The van der Waals surface area contributed by atoms with E-state index in [2.05, 4.69) is 65.4 Å². The van der Waals surface area contributed by atoms with E-state index >= 15 is 0 Å². The van der Waals surface area contributed by atoms with Gasteiger partial charge in [0, 0.05) is 25.3 Å².